The molecule has 0 saturated carbocycles. The van der Waals surface area contributed by atoms with Gasteiger partial charge in [-0.05, 0) is 91.5 Å². The molecule has 1 aliphatic rings. The molecule has 2 aromatic heterocycles. The first-order valence-electron chi connectivity index (χ1n) is 19.8. The number of rotatable bonds is 5. The molecule has 0 unspecified atom stereocenters. The van der Waals surface area contributed by atoms with Gasteiger partial charge in [0, 0.05) is 32.9 Å². The minimum absolute atomic E-state index is 1.16. The van der Waals surface area contributed by atoms with Crippen molar-refractivity contribution in [3.05, 3.63) is 218 Å². The van der Waals surface area contributed by atoms with Crippen molar-refractivity contribution in [2.45, 2.75) is 0 Å². The van der Waals surface area contributed by atoms with E-state index in [0.29, 0.717) is 0 Å². The molecule has 0 N–H and O–H groups in total. The van der Waals surface area contributed by atoms with Gasteiger partial charge in [0.25, 0.3) is 0 Å². The highest BCUT2D eigenvalue weighted by atomic mass is 28.3. The van der Waals surface area contributed by atoms with Gasteiger partial charge in [-0.25, -0.2) is 0 Å². The maximum Gasteiger partial charge on any atom is 0.180 e. The van der Waals surface area contributed by atoms with Gasteiger partial charge in [0.05, 0.1) is 22.1 Å². The molecule has 57 heavy (non-hydrogen) atoms. The lowest BCUT2D eigenvalue weighted by molar-refractivity contribution is 1.17. The molecule has 11 aromatic rings. The molecular formula is C54H36N2Si. The first-order valence-corrected chi connectivity index (χ1v) is 21.8. The second kappa shape index (κ2) is 12.4. The molecule has 0 aliphatic carbocycles. The number of hydrogen-bond donors (Lipinski definition) is 0. The van der Waals surface area contributed by atoms with Crippen molar-refractivity contribution in [3.63, 3.8) is 0 Å². The number of fused-ring (bicyclic) bond motifs is 10. The molecule has 266 valence electrons. The van der Waals surface area contributed by atoms with Crippen LogP contribution in [0.4, 0.5) is 0 Å². The summed E-state index contributed by atoms with van der Waals surface area (Å²) in [5.74, 6) is 0. The third kappa shape index (κ3) is 4.52. The Kier molecular flexibility index (Phi) is 6.98. The quantitative estimate of drug-likeness (QED) is 0.156. The first-order chi connectivity index (χ1) is 28.3. The number of aromatic nitrogens is 2. The Morgan fingerprint density at radius 1 is 0.281 bits per heavy atom. The van der Waals surface area contributed by atoms with Gasteiger partial charge in [-0.3, -0.25) is 0 Å². The molecule has 3 heteroatoms. The average Bonchev–Trinajstić information content (AvgIpc) is 3.92. The molecule has 0 spiro atoms. The van der Waals surface area contributed by atoms with Crippen LogP contribution in [0.3, 0.4) is 0 Å². The fourth-order valence-corrected chi connectivity index (χ4v) is 15.2. The smallest absolute Gasteiger partial charge is 0.180 e. The second-order valence-electron chi connectivity index (χ2n) is 15.2. The van der Waals surface area contributed by atoms with Crippen LogP contribution in [0.15, 0.2) is 218 Å². The van der Waals surface area contributed by atoms with Crippen LogP contribution in [0, 0.1) is 0 Å². The van der Waals surface area contributed by atoms with Crippen LogP contribution in [0.5, 0.6) is 0 Å². The van der Waals surface area contributed by atoms with Gasteiger partial charge < -0.3 is 9.13 Å². The number of para-hydroxylation sites is 2. The van der Waals surface area contributed by atoms with Crippen molar-refractivity contribution in [1.82, 2.24) is 9.13 Å². The zero-order chi connectivity index (χ0) is 37.5. The van der Waals surface area contributed by atoms with E-state index in [2.05, 4.69) is 228 Å². The van der Waals surface area contributed by atoms with Gasteiger partial charge in [0.1, 0.15) is 0 Å². The number of nitrogens with zero attached hydrogens (tertiary/aromatic N) is 2. The lowest BCUT2D eigenvalue weighted by atomic mass is 10.1. The van der Waals surface area contributed by atoms with E-state index in [9.17, 15) is 0 Å². The van der Waals surface area contributed by atoms with Crippen LogP contribution < -0.4 is 20.7 Å². The summed E-state index contributed by atoms with van der Waals surface area (Å²) in [4.78, 5) is 0. The summed E-state index contributed by atoms with van der Waals surface area (Å²) in [5.41, 5.74) is 12.3. The van der Waals surface area contributed by atoms with Crippen LogP contribution in [0.1, 0.15) is 0 Å². The zero-order valence-corrected chi connectivity index (χ0v) is 32.2. The maximum absolute atomic E-state index is 2.57. The van der Waals surface area contributed by atoms with E-state index in [4.69, 9.17) is 0 Å². The Labute approximate surface area is 332 Å². The molecule has 0 bridgehead atoms. The summed E-state index contributed by atoms with van der Waals surface area (Å²) < 4.78 is 4.91. The van der Waals surface area contributed by atoms with Crippen molar-refractivity contribution in [3.8, 4) is 33.6 Å². The molecule has 0 atom stereocenters. The highest BCUT2D eigenvalue weighted by Crippen LogP contribution is 2.42. The van der Waals surface area contributed by atoms with Crippen molar-refractivity contribution >= 4 is 72.4 Å². The molecule has 12 rings (SSSR count). The Morgan fingerprint density at radius 2 is 0.684 bits per heavy atom. The van der Waals surface area contributed by atoms with Crippen molar-refractivity contribution in [2.24, 2.45) is 0 Å². The highest BCUT2D eigenvalue weighted by molar-refractivity contribution is 7.22. The normalized spacial score (nSPS) is 13.1. The van der Waals surface area contributed by atoms with Gasteiger partial charge >= 0.3 is 0 Å². The first kappa shape index (κ1) is 32.1. The van der Waals surface area contributed by atoms with Gasteiger partial charge in [-0.2, -0.15) is 0 Å². The molecule has 9 aromatic carbocycles. The van der Waals surface area contributed by atoms with Crippen LogP contribution in [-0.2, 0) is 0 Å². The monoisotopic (exact) mass is 740 g/mol. The Hall–Kier alpha value is -7.20. The van der Waals surface area contributed by atoms with Gasteiger partial charge in [-0.15, -0.1) is 0 Å². The summed E-state index contributed by atoms with van der Waals surface area (Å²) in [6.45, 7) is 0. The fourth-order valence-electron chi connectivity index (χ4n) is 10.1. The summed E-state index contributed by atoms with van der Waals surface area (Å²) in [5, 5.41) is 10.9. The van der Waals surface area contributed by atoms with E-state index < -0.39 is 8.07 Å². The summed E-state index contributed by atoms with van der Waals surface area (Å²) in [7, 11) is -2.57. The van der Waals surface area contributed by atoms with E-state index in [0.717, 1.165) is 5.69 Å². The molecule has 3 heterocycles. The summed E-state index contributed by atoms with van der Waals surface area (Å²) >= 11 is 0. The summed E-state index contributed by atoms with van der Waals surface area (Å²) in [6, 6.07) is 81.2. The van der Waals surface area contributed by atoms with Gasteiger partial charge in [0.15, 0.2) is 8.07 Å². The molecular weight excluding hydrogens is 705 g/mol. The predicted octanol–water partition coefficient (Wildman–Crippen LogP) is 10.9. The molecule has 0 amide bonds. The van der Waals surface area contributed by atoms with Crippen LogP contribution in [-0.4, -0.2) is 17.2 Å². The van der Waals surface area contributed by atoms with Crippen LogP contribution in [0.2, 0.25) is 0 Å². The van der Waals surface area contributed by atoms with Crippen molar-refractivity contribution in [2.75, 3.05) is 0 Å². The van der Waals surface area contributed by atoms with Crippen molar-refractivity contribution in [1.29, 1.82) is 0 Å². The number of benzene rings is 9. The Morgan fingerprint density at radius 3 is 1.23 bits per heavy atom. The molecule has 2 nitrogen and oxygen atoms in total. The number of hydrogen-bond acceptors (Lipinski definition) is 0. The van der Waals surface area contributed by atoms with Crippen LogP contribution in [0.25, 0.3) is 77.2 Å². The Bertz CT molecular complexity index is 3270. The maximum atomic E-state index is 2.47. The molecule has 0 fully saturated rings. The van der Waals surface area contributed by atoms with E-state index in [1.807, 2.05) is 0 Å². The lowest BCUT2D eigenvalue weighted by Gasteiger charge is -2.31. The minimum atomic E-state index is -2.57. The molecule has 0 radical (unpaired) electrons. The summed E-state index contributed by atoms with van der Waals surface area (Å²) in [6.07, 6.45) is 0. The molecule has 1 aliphatic heterocycles. The predicted molar refractivity (Wildman–Crippen MR) is 243 cm³/mol. The zero-order valence-electron chi connectivity index (χ0n) is 31.2. The highest BCUT2D eigenvalue weighted by Gasteiger charge is 2.48. The average molecular weight is 741 g/mol. The van der Waals surface area contributed by atoms with Gasteiger partial charge in [-0.1, -0.05) is 170 Å². The standard InChI is InChI=1S/C54H36N2Si/c1-3-15-37(16-4-1)38-27-29-39(30-28-38)55-47-23-11-7-21-45(47)53-49(55)35-36-50-54(53)46-22-8-12-24-48(46)56(50)40-31-33-42(34-32-40)57(41-17-5-2-6-18-41)51-25-13-9-19-43(51)44-20-10-14-26-52(44)57/h1-36H. The van der Waals surface area contributed by atoms with E-state index in [1.54, 1.807) is 0 Å². The third-order valence-electron chi connectivity index (χ3n) is 12.4. The topological polar surface area (TPSA) is 9.86 Å². The van der Waals surface area contributed by atoms with Crippen LogP contribution >= 0.6 is 0 Å². The minimum Gasteiger partial charge on any atom is -0.309 e. The third-order valence-corrected chi connectivity index (χ3v) is 17.3. The SMILES string of the molecule is c1ccc(-c2ccc(-n3c4ccccc4c4c5c6ccccc6n(-c6ccc([Si]7(c8ccccc8)c8ccccc8-c8ccccc87)cc6)c5ccc43)cc2)cc1. The van der Waals surface area contributed by atoms with E-state index >= 15 is 0 Å². The molecule has 0 saturated heterocycles. The fraction of sp³-hybridized carbons (Fsp3) is 0. The Balaban J connectivity index is 1.07. The van der Waals surface area contributed by atoms with E-state index in [-0.39, 0.29) is 0 Å². The van der Waals surface area contributed by atoms with Gasteiger partial charge in [0.2, 0.25) is 0 Å². The largest absolute Gasteiger partial charge is 0.309 e. The van der Waals surface area contributed by atoms with Crippen molar-refractivity contribution < 1.29 is 0 Å². The lowest BCUT2D eigenvalue weighted by Crippen LogP contribution is -2.72. The van der Waals surface area contributed by atoms with E-state index in [1.165, 1.54) is 92.3 Å². The second-order valence-corrected chi connectivity index (χ2v) is 19.0.